The molecule has 0 heterocycles. The number of unbranched alkanes of at least 4 members (excludes halogenated alkanes) is 11. The molecule has 0 saturated heterocycles. The van der Waals surface area contributed by atoms with E-state index >= 15 is 0 Å². The predicted octanol–water partition coefficient (Wildman–Crippen LogP) is 6.00. The Morgan fingerprint density at radius 2 is 1.30 bits per heavy atom. The Morgan fingerprint density at radius 3 is 1.87 bits per heavy atom. The van der Waals surface area contributed by atoms with Crippen molar-refractivity contribution in [3.63, 3.8) is 0 Å². The van der Waals surface area contributed by atoms with E-state index in [9.17, 15) is 9.90 Å². The molecule has 0 aliphatic rings. The number of carbonyl (C=O) groups excluding carboxylic acids is 1. The molecule has 0 aliphatic carbocycles. The molecule has 0 saturated carbocycles. The average molecular weight is 326 g/mol. The first-order chi connectivity index (χ1) is 11.3. The fourth-order valence-electron chi connectivity index (χ4n) is 2.57. The summed E-state index contributed by atoms with van der Waals surface area (Å²) in [5, 5.41) is 10.2. The number of hydrogen-bond acceptors (Lipinski definition) is 2. The van der Waals surface area contributed by atoms with Gasteiger partial charge in [0.1, 0.15) is 13.2 Å². The molecule has 0 bridgehead atoms. The average Bonchev–Trinajstić information content (AvgIpc) is 2.56. The zero-order valence-electron chi connectivity index (χ0n) is 15.2. The van der Waals surface area contributed by atoms with Crippen LogP contribution in [0.1, 0.15) is 96.8 Å². The molecule has 0 spiro atoms. The Labute approximate surface area is 143 Å². The summed E-state index contributed by atoms with van der Waals surface area (Å²) < 4.78 is 4.75. The lowest BCUT2D eigenvalue weighted by molar-refractivity contribution is -0.145. The number of allylic oxidation sites excluding steroid dienone is 2. The van der Waals surface area contributed by atoms with Crippen LogP contribution in [0.25, 0.3) is 0 Å². The van der Waals surface area contributed by atoms with Crippen molar-refractivity contribution >= 4 is 5.97 Å². The van der Waals surface area contributed by atoms with Crippen LogP contribution in [0.2, 0.25) is 0 Å². The summed E-state index contributed by atoms with van der Waals surface area (Å²) in [6, 6.07) is 0. The highest BCUT2D eigenvalue weighted by molar-refractivity contribution is 5.69. The van der Waals surface area contributed by atoms with Gasteiger partial charge < -0.3 is 4.74 Å². The monoisotopic (exact) mass is 325 g/mol. The van der Waals surface area contributed by atoms with Crippen molar-refractivity contribution in [2.24, 2.45) is 0 Å². The number of carbonyl (C=O) groups is 1. The van der Waals surface area contributed by atoms with Crippen molar-refractivity contribution in [3.05, 3.63) is 12.2 Å². The largest absolute Gasteiger partial charge is 0.463 e. The van der Waals surface area contributed by atoms with Crippen molar-refractivity contribution in [1.29, 1.82) is 0 Å². The van der Waals surface area contributed by atoms with E-state index in [1.165, 1.54) is 70.6 Å². The number of rotatable bonds is 17. The Bertz CT molecular complexity index is 274. The molecule has 0 fully saturated rings. The van der Waals surface area contributed by atoms with Crippen LogP contribution in [0.5, 0.6) is 0 Å². The van der Waals surface area contributed by atoms with Gasteiger partial charge in [0.15, 0.2) is 0 Å². The highest BCUT2D eigenvalue weighted by Crippen LogP contribution is 2.10. The van der Waals surface area contributed by atoms with Gasteiger partial charge in [0, 0.05) is 6.42 Å². The van der Waals surface area contributed by atoms with Gasteiger partial charge in [-0.25, -0.2) is 5.11 Å². The molecule has 135 valence electrons. The first-order valence-corrected chi connectivity index (χ1v) is 9.70. The van der Waals surface area contributed by atoms with Gasteiger partial charge in [-0.05, 0) is 32.1 Å². The highest BCUT2D eigenvalue weighted by Gasteiger charge is 2.01. The van der Waals surface area contributed by atoms with Crippen LogP contribution >= 0.6 is 0 Å². The minimum atomic E-state index is -0.335. The normalized spacial score (nSPS) is 11.2. The van der Waals surface area contributed by atoms with Gasteiger partial charge in [-0.2, -0.15) is 0 Å². The third kappa shape index (κ3) is 19.1. The molecule has 0 aromatic heterocycles. The smallest absolute Gasteiger partial charge is 0.305 e. The molecule has 0 aromatic rings. The van der Waals surface area contributed by atoms with E-state index in [0.29, 0.717) is 6.42 Å². The lowest BCUT2D eigenvalue weighted by Crippen LogP contribution is -2.07. The second kappa shape index (κ2) is 19.2. The molecular formula is C20H37O3. The highest BCUT2D eigenvalue weighted by atomic mass is 16.5. The van der Waals surface area contributed by atoms with Crippen molar-refractivity contribution < 1.29 is 14.6 Å². The van der Waals surface area contributed by atoms with E-state index in [1.54, 1.807) is 0 Å². The molecule has 1 radical (unpaired) electrons. The molecular weight excluding hydrogens is 288 g/mol. The van der Waals surface area contributed by atoms with Gasteiger partial charge in [0.2, 0.25) is 0 Å². The fraction of sp³-hybridized carbons (Fsp3) is 0.850. The van der Waals surface area contributed by atoms with Crippen LogP contribution in [-0.4, -0.2) is 19.2 Å². The number of ether oxygens (including phenoxy) is 1. The third-order valence-corrected chi connectivity index (χ3v) is 3.99. The Hall–Kier alpha value is -0.830. The molecule has 0 rings (SSSR count). The van der Waals surface area contributed by atoms with Crippen LogP contribution < -0.4 is 0 Å². The van der Waals surface area contributed by atoms with Gasteiger partial charge in [-0.1, -0.05) is 70.4 Å². The van der Waals surface area contributed by atoms with Gasteiger partial charge in [-0.3, -0.25) is 4.79 Å². The summed E-state index contributed by atoms with van der Waals surface area (Å²) in [5.41, 5.74) is 0. The van der Waals surface area contributed by atoms with E-state index in [2.05, 4.69) is 19.1 Å². The van der Waals surface area contributed by atoms with Gasteiger partial charge >= 0.3 is 5.97 Å². The minimum absolute atomic E-state index is 0.0178. The molecule has 0 aromatic carbocycles. The minimum Gasteiger partial charge on any atom is -0.463 e. The summed E-state index contributed by atoms with van der Waals surface area (Å²) in [4.78, 5) is 11.2. The van der Waals surface area contributed by atoms with Crippen molar-refractivity contribution in [2.75, 3.05) is 13.2 Å². The topological polar surface area (TPSA) is 46.2 Å². The van der Waals surface area contributed by atoms with Crippen molar-refractivity contribution in [2.45, 2.75) is 96.8 Å². The molecule has 23 heavy (non-hydrogen) atoms. The second-order valence-corrected chi connectivity index (χ2v) is 6.26. The quantitative estimate of drug-likeness (QED) is 0.187. The van der Waals surface area contributed by atoms with Crippen LogP contribution in [-0.2, 0) is 14.6 Å². The standard InChI is InChI=1S/C20H37O3/c1-2-3-4-5-6-7-8-9-10-11-12-13-14-15-16-17-20(22)23-19-18-21/h9-10H,2-8,11-19H2,1H3/b10-9-. The molecule has 0 aliphatic heterocycles. The number of hydrogen-bond donors (Lipinski definition) is 0. The predicted molar refractivity (Wildman–Crippen MR) is 96.0 cm³/mol. The molecule has 0 atom stereocenters. The van der Waals surface area contributed by atoms with Gasteiger partial charge in [-0.15, -0.1) is 0 Å². The van der Waals surface area contributed by atoms with Crippen LogP contribution in [0.3, 0.4) is 0 Å². The van der Waals surface area contributed by atoms with E-state index in [1.807, 2.05) is 0 Å². The Morgan fingerprint density at radius 1 is 0.783 bits per heavy atom. The van der Waals surface area contributed by atoms with E-state index in [0.717, 1.165) is 12.8 Å². The van der Waals surface area contributed by atoms with Crippen molar-refractivity contribution in [3.8, 4) is 0 Å². The lowest BCUT2D eigenvalue weighted by Gasteiger charge is -2.02. The van der Waals surface area contributed by atoms with Crippen LogP contribution in [0, 0.1) is 0 Å². The van der Waals surface area contributed by atoms with E-state index in [-0.39, 0.29) is 19.2 Å². The molecule has 0 N–H and O–H groups in total. The van der Waals surface area contributed by atoms with E-state index < -0.39 is 0 Å². The first-order valence-electron chi connectivity index (χ1n) is 9.70. The maximum atomic E-state index is 11.2. The third-order valence-electron chi connectivity index (χ3n) is 3.99. The van der Waals surface area contributed by atoms with Crippen molar-refractivity contribution in [1.82, 2.24) is 0 Å². The Kier molecular flexibility index (Phi) is 18.5. The van der Waals surface area contributed by atoms with Crippen LogP contribution in [0.4, 0.5) is 0 Å². The van der Waals surface area contributed by atoms with Crippen LogP contribution in [0.15, 0.2) is 12.2 Å². The lowest BCUT2D eigenvalue weighted by atomic mass is 10.1. The van der Waals surface area contributed by atoms with Gasteiger partial charge in [0.05, 0.1) is 0 Å². The summed E-state index contributed by atoms with van der Waals surface area (Å²) in [7, 11) is 0. The summed E-state index contributed by atoms with van der Waals surface area (Å²) in [5.74, 6) is -0.224. The summed E-state index contributed by atoms with van der Waals surface area (Å²) >= 11 is 0. The Balaban J connectivity index is 3.14. The van der Waals surface area contributed by atoms with E-state index in [4.69, 9.17) is 4.74 Å². The zero-order chi connectivity index (χ0) is 17.0. The SMILES string of the molecule is CCCCCCCC/C=C\CCCCCCCC(=O)OCC[O]. The molecule has 0 unspecified atom stereocenters. The molecule has 3 nitrogen and oxygen atoms in total. The first kappa shape index (κ1) is 22.2. The molecule has 0 amide bonds. The summed E-state index contributed by atoms with van der Waals surface area (Å²) in [6.45, 7) is 1.94. The maximum absolute atomic E-state index is 11.2. The fourth-order valence-corrected chi connectivity index (χ4v) is 2.57. The zero-order valence-corrected chi connectivity index (χ0v) is 15.2. The van der Waals surface area contributed by atoms with Gasteiger partial charge in [0.25, 0.3) is 0 Å². The molecule has 3 heteroatoms. The second-order valence-electron chi connectivity index (χ2n) is 6.26. The summed E-state index contributed by atoms with van der Waals surface area (Å²) in [6.07, 6.45) is 21.4. The number of esters is 1. The maximum Gasteiger partial charge on any atom is 0.305 e.